The zero-order chi connectivity index (χ0) is 20.8. The van der Waals surface area contributed by atoms with Crippen molar-refractivity contribution < 1.29 is 9.53 Å². The molecule has 0 fully saturated rings. The van der Waals surface area contributed by atoms with Crippen LogP contribution in [0.25, 0.3) is 11.8 Å². The SMILES string of the molecule is CCC(CC)c1nnc(NC(=O)/C(=C/c2cccc(OC)c2)n2nnnc2C)s1. The number of amides is 1. The van der Waals surface area contributed by atoms with E-state index < -0.39 is 0 Å². The first kappa shape index (κ1) is 20.6. The standard InChI is InChI=1S/C19H23N7O2S/c1-5-14(6-2)18-22-23-19(29-18)20-17(27)16(26-12(3)21-24-25-26)11-13-8-7-9-15(10-13)28-4/h7-11,14H,5-6H2,1-4H3,(H,20,23,27)/b16-11-. The van der Waals surface area contributed by atoms with Gasteiger partial charge in [-0.15, -0.1) is 15.3 Å². The van der Waals surface area contributed by atoms with E-state index in [1.54, 1.807) is 20.1 Å². The van der Waals surface area contributed by atoms with Gasteiger partial charge in [-0.05, 0) is 54.0 Å². The van der Waals surface area contributed by atoms with Crippen molar-refractivity contribution >= 4 is 34.1 Å². The van der Waals surface area contributed by atoms with E-state index in [1.165, 1.54) is 16.0 Å². The summed E-state index contributed by atoms with van der Waals surface area (Å²) in [4.78, 5) is 13.1. The van der Waals surface area contributed by atoms with Gasteiger partial charge >= 0.3 is 0 Å². The lowest BCUT2D eigenvalue weighted by Crippen LogP contribution is -2.19. The number of rotatable bonds is 8. The maximum absolute atomic E-state index is 13.1. The van der Waals surface area contributed by atoms with Crippen LogP contribution < -0.4 is 10.1 Å². The number of benzene rings is 1. The van der Waals surface area contributed by atoms with Crippen LogP contribution in [0, 0.1) is 6.92 Å². The Balaban J connectivity index is 1.91. The van der Waals surface area contributed by atoms with Gasteiger partial charge < -0.3 is 4.74 Å². The maximum atomic E-state index is 13.1. The molecule has 0 aliphatic rings. The fourth-order valence-corrected chi connectivity index (χ4v) is 3.82. The molecule has 3 aromatic rings. The molecule has 1 aromatic carbocycles. The Labute approximate surface area is 172 Å². The fraction of sp³-hybridized carbons (Fsp3) is 0.368. The van der Waals surface area contributed by atoms with Crippen molar-refractivity contribution in [3.8, 4) is 5.75 Å². The predicted octanol–water partition coefficient (Wildman–Crippen LogP) is 3.38. The molecule has 0 atom stereocenters. The van der Waals surface area contributed by atoms with Crippen LogP contribution >= 0.6 is 11.3 Å². The van der Waals surface area contributed by atoms with Gasteiger partial charge in [0.1, 0.15) is 16.5 Å². The molecule has 0 saturated heterocycles. The number of aromatic nitrogens is 6. The molecule has 1 N–H and O–H groups in total. The first-order valence-corrected chi connectivity index (χ1v) is 10.1. The molecule has 0 radical (unpaired) electrons. The molecule has 0 spiro atoms. The highest BCUT2D eigenvalue weighted by atomic mass is 32.1. The Kier molecular flexibility index (Phi) is 6.65. The van der Waals surface area contributed by atoms with Crippen molar-refractivity contribution in [1.82, 2.24) is 30.4 Å². The average Bonchev–Trinajstić information content (AvgIpc) is 3.36. The Morgan fingerprint density at radius 2 is 2.07 bits per heavy atom. The summed E-state index contributed by atoms with van der Waals surface area (Å²) < 4.78 is 6.65. The molecule has 9 nitrogen and oxygen atoms in total. The zero-order valence-electron chi connectivity index (χ0n) is 16.8. The largest absolute Gasteiger partial charge is 0.497 e. The third-order valence-corrected chi connectivity index (χ3v) is 5.48. The third kappa shape index (κ3) is 4.83. The van der Waals surface area contributed by atoms with E-state index in [4.69, 9.17) is 4.74 Å². The Morgan fingerprint density at radius 3 is 2.72 bits per heavy atom. The van der Waals surface area contributed by atoms with Gasteiger partial charge in [0.2, 0.25) is 5.13 Å². The number of anilines is 1. The monoisotopic (exact) mass is 413 g/mol. The highest BCUT2D eigenvalue weighted by molar-refractivity contribution is 7.15. The van der Waals surface area contributed by atoms with E-state index in [-0.39, 0.29) is 11.6 Å². The molecular weight excluding hydrogens is 390 g/mol. The Bertz CT molecular complexity index is 1010. The van der Waals surface area contributed by atoms with E-state index in [0.29, 0.717) is 22.6 Å². The lowest BCUT2D eigenvalue weighted by atomic mass is 10.1. The highest BCUT2D eigenvalue weighted by Gasteiger charge is 2.19. The smallest absolute Gasteiger partial charge is 0.276 e. The van der Waals surface area contributed by atoms with E-state index in [2.05, 4.69) is 44.9 Å². The van der Waals surface area contributed by atoms with Crippen LogP contribution in [0.2, 0.25) is 0 Å². The van der Waals surface area contributed by atoms with Crippen molar-refractivity contribution in [2.24, 2.45) is 0 Å². The molecule has 0 unspecified atom stereocenters. The molecule has 0 bridgehead atoms. The molecule has 0 saturated carbocycles. The van der Waals surface area contributed by atoms with E-state index in [1.807, 2.05) is 24.3 Å². The summed E-state index contributed by atoms with van der Waals surface area (Å²) in [7, 11) is 1.59. The van der Waals surface area contributed by atoms with Gasteiger partial charge in [-0.2, -0.15) is 4.68 Å². The van der Waals surface area contributed by atoms with Crippen molar-refractivity contribution in [3.63, 3.8) is 0 Å². The minimum Gasteiger partial charge on any atom is -0.497 e. The van der Waals surface area contributed by atoms with Crippen molar-refractivity contribution in [3.05, 3.63) is 40.7 Å². The molecule has 2 heterocycles. The Morgan fingerprint density at radius 1 is 1.28 bits per heavy atom. The van der Waals surface area contributed by atoms with E-state index in [0.717, 1.165) is 23.4 Å². The molecule has 2 aromatic heterocycles. The van der Waals surface area contributed by atoms with Crippen LogP contribution in [0.3, 0.4) is 0 Å². The summed E-state index contributed by atoms with van der Waals surface area (Å²) in [6.45, 7) is 5.95. The van der Waals surface area contributed by atoms with Crippen LogP contribution in [0.15, 0.2) is 24.3 Å². The van der Waals surface area contributed by atoms with Gasteiger partial charge in [0.15, 0.2) is 5.82 Å². The summed E-state index contributed by atoms with van der Waals surface area (Å²) in [6.07, 6.45) is 3.65. The highest BCUT2D eigenvalue weighted by Crippen LogP contribution is 2.28. The van der Waals surface area contributed by atoms with E-state index in [9.17, 15) is 4.79 Å². The number of nitrogens with one attached hydrogen (secondary N) is 1. The molecule has 29 heavy (non-hydrogen) atoms. The minimum absolute atomic E-state index is 0.264. The maximum Gasteiger partial charge on any atom is 0.276 e. The molecule has 0 aliphatic carbocycles. The first-order chi connectivity index (χ1) is 14.0. The number of tetrazole rings is 1. The second kappa shape index (κ2) is 9.37. The second-order valence-electron chi connectivity index (χ2n) is 6.36. The average molecular weight is 414 g/mol. The number of carbonyl (C=O) groups excluding carboxylic acids is 1. The van der Waals surface area contributed by atoms with Crippen molar-refractivity contribution in [1.29, 1.82) is 0 Å². The van der Waals surface area contributed by atoms with Crippen molar-refractivity contribution in [2.45, 2.75) is 39.5 Å². The second-order valence-corrected chi connectivity index (χ2v) is 7.37. The first-order valence-electron chi connectivity index (χ1n) is 9.31. The number of hydrogen-bond acceptors (Lipinski definition) is 8. The molecular formula is C19H23N7O2S. The molecule has 10 heteroatoms. The van der Waals surface area contributed by atoms with Crippen LogP contribution in [0.1, 0.15) is 49.0 Å². The van der Waals surface area contributed by atoms with Crippen LogP contribution in [0.4, 0.5) is 5.13 Å². The fourth-order valence-electron chi connectivity index (χ4n) is 2.82. The van der Waals surface area contributed by atoms with E-state index >= 15 is 0 Å². The predicted molar refractivity (Wildman–Crippen MR) is 112 cm³/mol. The Hall–Kier alpha value is -3.14. The summed E-state index contributed by atoms with van der Waals surface area (Å²) in [5.74, 6) is 1.14. The minimum atomic E-state index is -0.379. The van der Waals surface area contributed by atoms with Crippen LogP contribution in [-0.4, -0.2) is 43.4 Å². The summed E-state index contributed by atoms with van der Waals surface area (Å²) >= 11 is 1.39. The number of aryl methyl sites for hydroxylation is 1. The van der Waals surface area contributed by atoms with Gasteiger partial charge in [0.25, 0.3) is 5.91 Å². The van der Waals surface area contributed by atoms with Gasteiger partial charge in [0, 0.05) is 5.92 Å². The third-order valence-electron chi connectivity index (χ3n) is 4.48. The summed E-state index contributed by atoms with van der Waals surface area (Å²) in [5, 5.41) is 24.0. The topological polar surface area (TPSA) is 108 Å². The molecule has 1 amide bonds. The van der Waals surface area contributed by atoms with Gasteiger partial charge in [0.05, 0.1) is 7.11 Å². The van der Waals surface area contributed by atoms with Crippen LogP contribution in [-0.2, 0) is 4.79 Å². The lowest BCUT2D eigenvalue weighted by Gasteiger charge is -2.08. The number of carbonyl (C=O) groups is 1. The molecule has 3 rings (SSSR count). The molecule has 152 valence electrons. The number of hydrogen-bond donors (Lipinski definition) is 1. The van der Waals surface area contributed by atoms with Crippen LogP contribution in [0.5, 0.6) is 5.75 Å². The normalized spacial score (nSPS) is 11.7. The van der Waals surface area contributed by atoms with Gasteiger partial charge in [-0.25, -0.2) is 0 Å². The quantitative estimate of drug-likeness (QED) is 0.564. The number of methoxy groups -OCH3 is 1. The van der Waals surface area contributed by atoms with Gasteiger partial charge in [-0.1, -0.05) is 37.3 Å². The van der Waals surface area contributed by atoms with Crippen molar-refractivity contribution in [2.75, 3.05) is 12.4 Å². The summed E-state index contributed by atoms with van der Waals surface area (Å²) in [6, 6.07) is 7.37. The molecule has 0 aliphatic heterocycles. The number of ether oxygens (including phenoxy) is 1. The number of nitrogens with zero attached hydrogens (tertiary/aromatic N) is 6. The van der Waals surface area contributed by atoms with Gasteiger partial charge in [-0.3, -0.25) is 10.1 Å². The lowest BCUT2D eigenvalue weighted by molar-refractivity contribution is -0.111. The summed E-state index contributed by atoms with van der Waals surface area (Å²) in [5.41, 5.74) is 1.04. The zero-order valence-corrected chi connectivity index (χ0v) is 17.6.